The van der Waals surface area contributed by atoms with E-state index in [1.165, 1.54) is 11.3 Å². The number of ketones is 2. The van der Waals surface area contributed by atoms with E-state index in [4.69, 9.17) is 11.6 Å². The Hall–Kier alpha value is -1.49. The number of nitrogens with zero attached hydrogens (tertiary/aromatic N) is 1. The summed E-state index contributed by atoms with van der Waals surface area (Å²) in [6.45, 7) is 6.10. The van der Waals surface area contributed by atoms with Gasteiger partial charge in [-0.2, -0.15) is 0 Å². The van der Waals surface area contributed by atoms with Gasteiger partial charge in [0.25, 0.3) is 0 Å². The molecule has 0 unspecified atom stereocenters. The molecule has 2 aromatic rings. The standard InChI is InChI=1S/C20H22ClNO2S/c1-13-8-17(21)5-6-18(13)20(24)16-4-3-7-22(11-16)10-15-9-19(14(2)23)25-12-15/h5-6,8-9,12,16H,3-4,7,10-11H2,1-2H3/t16-/m0/s1. The molecule has 0 amide bonds. The number of benzene rings is 1. The molecule has 2 heterocycles. The van der Waals surface area contributed by atoms with Crippen LogP contribution in [0.15, 0.2) is 29.6 Å². The Morgan fingerprint density at radius 3 is 2.80 bits per heavy atom. The second kappa shape index (κ2) is 7.81. The fourth-order valence-corrected chi connectivity index (χ4v) is 4.47. The highest BCUT2D eigenvalue weighted by Gasteiger charge is 2.27. The largest absolute Gasteiger partial charge is 0.298 e. The number of piperidine rings is 1. The second-order valence-corrected chi connectivity index (χ2v) is 8.12. The first-order valence-corrected chi connectivity index (χ1v) is 9.81. The monoisotopic (exact) mass is 375 g/mol. The highest BCUT2D eigenvalue weighted by Crippen LogP contribution is 2.26. The van der Waals surface area contributed by atoms with E-state index in [-0.39, 0.29) is 17.5 Å². The van der Waals surface area contributed by atoms with Crippen LogP contribution in [0.25, 0.3) is 0 Å². The van der Waals surface area contributed by atoms with E-state index in [1.807, 2.05) is 30.5 Å². The van der Waals surface area contributed by atoms with Crippen LogP contribution in [0.1, 0.15) is 50.9 Å². The normalized spacial score (nSPS) is 18.3. The molecule has 1 saturated heterocycles. The van der Waals surface area contributed by atoms with Crippen molar-refractivity contribution >= 4 is 34.5 Å². The van der Waals surface area contributed by atoms with Crippen LogP contribution < -0.4 is 0 Å². The predicted octanol–water partition coefficient (Wildman–Crippen LogP) is 5.01. The number of hydrogen-bond donors (Lipinski definition) is 0. The fraction of sp³-hybridized carbons (Fsp3) is 0.400. The Balaban J connectivity index is 1.67. The number of hydrogen-bond acceptors (Lipinski definition) is 4. The van der Waals surface area contributed by atoms with Crippen LogP contribution in [-0.4, -0.2) is 29.6 Å². The van der Waals surface area contributed by atoms with Crippen molar-refractivity contribution < 1.29 is 9.59 Å². The van der Waals surface area contributed by atoms with Crippen LogP contribution in [0.4, 0.5) is 0 Å². The minimum atomic E-state index is 0.0274. The van der Waals surface area contributed by atoms with Crippen LogP contribution in [0.2, 0.25) is 5.02 Å². The van der Waals surface area contributed by atoms with Crippen LogP contribution in [0.3, 0.4) is 0 Å². The molecular weight excluding hydrogens is 354 g/mol. The Kier molecular flexibility index (Phi) is 5.72. The number of thiophene rings is 1. The fourth-order valence-electron chi connectivity index (χ4n) is 3.44. The molecule has 0 bridgehead atoms. The topological polar surface area (TPSA) is 37.4 Å². The van der Waals surface area contributed by atoms with Crippen molar-refractivity contribution in [3.63, 3.8) is 0 Å². The molecule has 1 atom stereocenters. The summed E-state index contributed by atoms with van der Waals surface area (Å²) >= 11 is 7.50. The molecule has 3 rings (SSSR count). The molecule has 3 nitrogen and oxygen atoms in total. The van der Waals surface area contributed by atoms with Crippen molar-refractivity contribution in [2.24, 2.45) is 5.92 Å². The van der Waals surface area contributed by atoms with Gasteiger partial charge in [-0.15, -0.1) is 11.3 Å². The minimum Gasteiger partial charge on any atom is -0.298 e. The summed E-state index contributed by atoms with van der Waals surface area (Å²) in [6, 6.07) is 7.46. The molecule has 0 spiro atoms. The third kappa shape index (κ3) is 4.38. The average molecular weight is 376 g/mol. The van der Waals surface area contributed by atoms with Crippen molar-refractivity contribution in [1.29, 1.82) is 0 Å². The summed E-state index contributed by atoms with van der Waals surface area (Å²) in [5.41, 5.74) is 2.88. The Morgan fingerprint density at radius 2 is 2.12 bits per heavy atom. The average Bonchev–Trinajstić information content (AvgIpc) is 3.03. The second-order valence-electron chi connectivity index (χ2n) is 6.77. The van der Waals surface area contributed by atoms with E-state index in [2.05, 4.69) is 4.90 Å². The van der Waals surface area contributed by atoms with E-state index >= 15 is 0 Å². The summed E-state index contributed by atoms with van der Waals surface area (Å²) in [7, 11) is 0. The van der Waals surface area contributed by atoms with Crippen LogP contribution in [0.5, 0.6) is 0 Å². The van der Waals surface area contributed by atoms with Gasteiger partial charge in [0.1, 0.15) is 0 Å². The molecule has 0 radical (unpaired) electrons. The molecule has 1 aliphatic heterocycles. The van der Waals surface area contributed by atoms with Crippen molar-refractivity contribution in [2.75, 3.05) is 13.1 Å². The maximum atomic E-state index is 12.9. The van der Waals surface area contributed by atoms with E-state index in [1.54, 1.807) is 13.0 Å². The number of carbonyl (C=O) groups excluding carboxylic acids is 2. The van der Waals surface area contributed by atoms with Crippen molar-refractivity contribution in [3.8, 4) is 0 Å². The molecule has 1 aromatic carbocycles. The first-order chi connectivity index (χ1) is 11.9. The lowest BCUT2D eigenvalue weighted by Crippen LogP contribution is -2.38. The predicted molar refractivity (Wildman–Crippen MR) is 103 cm³/mol. The van der Waals surface area contributed by atoms with Gasteiger partial charge in [-0.25, -0.2) is 0 Å². The zero-order valence-electron chi connectivity index (χ0n) is 14.5. The van der Waals surface area contributed by atoms with Gasteiger partial charge in [0.05, 0.1) is 4.88 Å². The van der Waals surface area contributed by atoms with Gasteiger partial charge in [0.15, 0.2) is 11.6 Å². The molecule has 132 valence electrons. The van der Waals surface area contributed by atoms with Crippen LogP contribution in [-0.2, 0) is 6.54 Å². The lowest BCUT2D eigenvalue weighted by Gasteiger charge is -2.32. The van der Waals surface area contributed by atoms with E-state index in [9.17, 15) is 9.59 Å². The summed E-state index contributed by atoms with van der Waals surface area (Å²) < 4.78 is 0. The number of Topliss-reactive ketones (excluding diaryl/α,β-unsaturated/α-hetero) is 2. The SMILES string of the molecule is CC(=O)c1cc(CN2CCC[C@H](C(=O)c3ccc(Cl)cc3C)C2)cs1. The maximum absolute atomic E-state index is 12.9. The van der Waals surface area contributed by atoms with Crippen LogP contribution >= 0.6 is 22.9 Å². The van der Waals surface area contributed by atoms with Gasteiger partial charge in [0, 0.05) is 29.6 Å². The molecule has 1 aromatic heterocycles. The number of carbonyl (C=O) groups is 2. The zero-order valence-corrected chi connectivity index (χ0v) is 16.1. The summed E-state index contributed by atoms with van der Waals surface area (Å²) in [5.74, 6) is 0.356. The van der Waals surface area contributed by atoms with Gasteiger partial charge < -0.3 is 0 Å². The Bertz CT molecular complexity index is 799. The molecule has 0 N–H and O–H groups in total. The lowest BCUT2D eigenvalue weighted by molar-refractivity contribution is 0.0811. The highest BCUT2D eigenvalue weighted by atomic mass is 35.5. The third-order valence-corrected chi connectivity index (χ3v) is 6.05. The molecule has 1 aliphatic rings. The van der Waals surface area contributed by atoms with Gasteiger partial charge in [0.2, 0.25) is 0 Å². The first kappa shape index (κ1) is 18.3. The van der Waals surface area contributed by atoms with Gasteiger partial charge >= 0.3 is 0 Å². The van der Waals surface area contributed by atoms with Gasteiger partial charge in [-0.05, 0) is 74.0 Å². The molecule has 5 heteroatoms. The lowest BCUT2D eigenvalue weighted by atomic mass is 9.88. The number of likely N-dealkylation sites (tertiary alicyclic amines) is 1. The van der Waals surface area contributed by atoms with Gasteiger partial charge in [-0.1, -0.05) is 11.6 Å². The van der Waals surface area contributed by atoms with E-state index in [0.717, 1.165) is 54.0 Å². The molecule has 0 aliphatic carbocycles. The first-order valence-electron chi connectivity index (χ1n) is 8.55. The Labute approximate surface area is 157 Å². The summed E-state index contributed by atoms with van der Waals surface area (Å²) in [5, 5.41) is 2.71. The maximum Gasteiger partial charge on any atom is 0.169 e. The molecule has 25 heavy (non-hydrogen) atoms. The molecular formula is C20H22ClNO2S. The Morgan fingerprint density at radius 1 is 1.32 bits per heavy atom. The zero-order chi connectivity index (χ0) is 18.0. The highest BCUT2D eigenvalue weighted by molar-refractivity contribution is 7.12. The van der Waals surface area contributed by atoms with E-state index < -0.39 is 0 Å². The smallest absolute Gasteiger partial charge is 0.169 e. The number of rotatable bonds is 5. The summed E-state index contributed by atoms with van der Waals surface area (Å²) in [4.78, 5) is 27.5. The summed E-state index contributed by atoms with van der Waals surface area (Å²) in [6.07, 6.45) is 1.95. The van der Waals surface area contributed by atoms with Crippen molar-refractivity contribution in [3.05, 3.63) is 56.2 Å². The van der Waals surface area contributed by atoms with Crippen LogP contribution in [0, 0.1) is 12.8 Å². The quantitative estimate of drug-likeness (QED) is 0.689. The molecule has 0 saturated carbocycles. The third-order valence-electron chi connectivity index (χ3n) is 4.74. The number of aryl methyl sites for hydroxylation is 1. The van der Waals surface area contributed by atoms with E-state index in [0.29, 0.717) is 5.02 Å². The minimum absolute atomic E-state index is 0.0274. The molecule has 1 fully saturated rings. The van der Waals surface area contributed by atoms with Crippen molar-refractivity contribution in [1.82, 2.24) is 4.90 Å². The number of halogens is 1. The van der Waals surface area contributed by atoms with Gasteiger partial charge in [-0.3, -0.25) is 14.5 Å². The van der Waals surface area contributed by atoms with Crippen molar-refractivity contribution in [2.45, 2.75) is 33.2 Å².